The zero-order chi connectivity index (χ0) is 21.7. The van der Waals surface area contributed by atoms with Gasteiger partial charge >= 0.3 is 0 Å². The summed E-state index contributed by atoms with van der Waals surface area (Å²) in [5, 5.41) is 23.9. The van der Waals surface area contributed by atoms with Crippen LogP contribution in [0.25, 0.3) is 0 Å². The molecule has 2 heterocycles. The lowest BCUT2D eigenvalue weighted by Crippen LogP contribution is -2.33. The first-order valence-corrected chi connectivity index (χ1v) is 9.34. The molecule has 0 spiro atoms. The zero-order valence-electron chi connectivity index (χ0n) is 16.7. The van der Waals surface area contributed by atoms with Crippen LogP contribution in [0, 0.1) is 22.8 Å². The first-order chi connectivity index (χ1) is 14.5. The molecule has 0 amide bonds. The maximum absolute atomic E-state index is 9.47. The van der Waals surface area contributed by atoms with Gasteiger partial charge in [-0.15, -0.1) is 0 Å². The molecule has 0 fully saturated rings. The molecule has 10 heteroatoms. The van der Waals surface area contributed by atoms with Gasteiger partial charge in [-0.25, -0.2) is 9.98 Å². The summed E-state index contributed by atoms with van der Waals surface area (Å²) in [6.07, 6.45) is 3.66. The van der Waals surface area contributed by atoms with E-state index in [1.54, 1.807) is 13.2 Å². The SMILES string of the molecule is CCCCOc1c(OC)cccc1C1N=C(NC#N)Nc2nc(N)c(C#N)c(N)c21. The van der Waals surface area contributed by atoms with Gasteiger partial charge in [-0.05, 0) is 12.5 Å². The zero-order valence-corrected chi connectivity index (χ0v) is 16.7. The average Bonchev–Trinajstić information content (AvgIpc) is 2.73. The van der Waals surface area contributed by atoms with Gasteiger partial charge in [0, 0.05) is 11.1 Å². The summed E-state index contributed by atoms with van der Waals surface area (Å²) in [7, 11) is 1.55. The van der Waals surface area contributed by atoms with Gasteiger partial charge in [0.2, 0.25) is 5.96 Å². The number of anilines is 3. The Bertz CT molecular complexity index is 1070. The second-order valence-corrected chi connectivity index (χ2v) is 6.48. The van der Waals surface area contributed by atoms with E-state index in [1.807, 2.05) is 24.4 Å². The summed E-state index contributed by atoms with van der Waals surface area (Å²) in [6, 6.07) is 6.71. The number of fused-ring (bicyclic) bond motifs is 1. The maximum Gasteiger partial charge on any atom is 0.211 e. The maximum atomic E-state index is 9.47. The number of nitrogen functional groups attached to an aromatic ring is 2. The van der Waals surface area contributed by atoms with Crippen molar-refractivity contribution >= 4 is 23.3 Å². The number of guanidine groups is 1. The third kappa shape index (κ3) is 3.71. The molecular weight excluding hydrogens is 384 g/mol. The Hall–Kier alpha value is -4.18. The number of aromatic nitrogens is 1. The Morgan fingerprint density at radius 3 is 2.77 bits per heavy atom. The molecule has 3 rings (SSSR count). The van der Waals surface area contributed by atoms with Gasteiger partial charge in [0.05, 0.1) is 19.4 Å². The number of nitrogens with one attached hydrogen (secondary N) is 2. The number of methoxy groups -OCH3 is 1. The van der Waals surface area contributed by atoms with E-state index in [0.717, 1.165) is 12.8 Å². The minimum Gasteiger partial charge on any atom is -0.493 e. The quantitative estimate of drug-likeness (QED) is 0.319. The lowest BCUT2D eigenvalue weighted by Gasteiger charge is -2.27. The standard InChI is InChI=1S/C20H22N8O2/c1-3-4-8-30-17-11(6-5-7-13(17)29-2)16-14-15(23)12(9-21)18(24)27-19(14)28-20(26-16)25-10-22/h5-7,16H,3-4,8H2,1-2H3,(H6,23,24,25,26,27,28). The summed E-state index contributed by atoms with van der Waals surface area (Å²) in [6.45, 7) is 2.56. The van der Waals surface area contributed by atoms with Crippen molar-refractivity contribution in [2.75, 3.05) is 30.5 Å². The van der Waals surface area contributed by atoms with E-state index in [0.29, 0.717) is 35.1 Å². The highest BCUT2D eigenvalue weighted by molar-refractivity contribution is 5.98. The average molecular weight is 406 g/mol. The molecule has 2 aromatic rings. The molecule has 1 atom stereocenters. The minimum atomic E-state index is -0.705. The van der Waals surface area contributed by atoms with E-state index >= 15 is 0 Å². The molecule has 6 N–H and O–H groups in total. The number of para-hydroxylation sites is 1. The van der Waals surface area contributed by atoms with Gasteiger partial charge in [-0.3, -0.25) is 5.32 Å². The van der Waals surface area contributed by atoms with Gasteiger partial charge in [-0.1, -0.05) is 25.5 Å². The van der Waals surface area contributed by atoms with Gasteiger partial charge in [0.25, 0.3) is 0 Å². The summed E-state index contributed by atoms with van der Waals surface area (Å²) < 4.78 is 11.5. The molecule has 1 aromatic carbocycles. The summed E-state index contributed by atoms with van der Waals surface area (Å²) in [5.41, 5.74) is 13.6. The second-order valence-electron chi connectivity index (χ2n) is 6.48. The predicted molar refractivity (Wildman–Crippen MR) is 113 cm³/mol. The number of rotatable bonds is 6. The molecule has 30 heavy (non-hydrogen) atoms. The number of aliphatic imine (C=N–C) groups is 1. The fraction of sp³-hybridized carbons (Fsp3) is 0.300. The van der Waals surface area contributed by atoms with Crippen LogP contribution in [0.2, 0.25) is 0 Å². The van der Waals surface area contributed by atoms with Crippen LogP contribution in [0.4, 0.5) is 17.3 Å². The van der Waals surface area contributed by atoms with Crippen LogP contribution in [0.15, 0.2) is 23.2 Å². The van der Waals surface area contributed by atoms with Crippen molar-refractivity contribution in [3.63, 3.8) is 0 Å². The number of nitrogens with two attached hydrogens (primary N) is 2. The molecule has 1 aromatic heterocycles. The second kappa shape index (κ2) is 8.88. The molecule has 154 valence electrons. The van der Waals surface area contributed by atoms with Crippen LogP contribution in [0.1, 0.15) is 42.5 Å². The van der Waals surface area contributed by atoms with Crippen LogP contribution in [-0.2, 0) is 0 Å². The molecule has 1 unspecified atom stereocenters. The lowest BCUT2D eigenvalue weighted by atomic mass is 9.94. The molecule has 0 saturated carbocycles. The number of ether oxygens (including phenoxy) is 2. The fourth-order valence-electron chi connectivity index (χ4n) is 3.19. The van der Waals surface area contributed by atoms with Crippen LogP contribution >= 0.6 is 0 Å². The third-order valence-corrected chi connectivity index (χ3v) is 4.63. The Kier molecular flexibility index (Phi) is 6.08. The van der Waals surface area contributed by atoms with Crippen LogP contribution < -0.4 is 31.6 Å². The monoisotopic (exact) mass is 406 g/mol. The lowest BCUT2D eigenvalue weighted by molar-refractivity contribution is 0.284. The van der Waals surface area contributed by atoms with Gasteiger partial charge in [-0.2, -0.15) is 10.5 Å². The molecule has 0 bridgehead atoms. The minimum absolute atomic E-state index is 0.0109. The number of nitrogens with zero attached hydrogens (tertiary/aromatic N) is 4. The highest BCUT2D eigenvalue weighted by Crippen LogP contribution is 2.45. The Morgan fingerprint density at radius 1 is 1.30 bits per heavy atom. The number of benzene rings is 1. The normalized spacial score (nSPS) is 14.4. The highest BCUT2D eigenvalue weighted by atomic mass is 16.5. The first kappa shape index (κ1) is 20.6. The van der Waals surface area contributed by atoms with Crippen molar-refractivity contribution in [1.82, 2.24) is 10.3 Å². The van der Waals surface area contributed by atoms with E-state index in [9.17, 15) is 5.26 Å². The molecule has 0 radical (unpaired) electrons. The number of pyridine rings is 1. The summed E-state index contributed by atoms with van der Waals surface area (Å²) in [4.78, 5) is 8.84. The van der Waals surface area contributed by atoms with Crippen LogP contribution in [0.3, 0.4) is 0 Å². The fourth-order valence-corrected chi connectivity index (χ4v) is 3.19. The number of unbranched alkanes of at least 4 members (excludes halogenated alkanes) is 1. The Morgan fingerprint density at radius 2 is 2.10 bits per heavy atom. The summed E-state index contributed by atoms with van der Waals surface area (Å²) in [5.74, 6) is 1.53. The number of hydrogen-bond acceptors (Lipinski definition) is 10. The first-order valence-electron chi connectivity index (χ1n) is 9.34. The van der Waals surface area contributed by atoms with Gasteiger partial charge < -0.3 is 26.3 Å². The van der Waals surface area contributed by atoms with Gasteiger partial charge in [0.15, 0.2) is 17.7 Å². The number of hydrogen-bond donors (Lipinski definition) is 4. The Balaban J connectivity index is 2.23. The molecule has 10 nitrogen and oxygen atoms in total. The summed E-state index contributed by atoms with van der Waals surface area (Å²) >= 11 is 0. The smallest absolute Gasteiger partial charge is 0.211 e. The molecule has 0 aliphatic carbocycles. The molecule has 1 aliphatic rings. The van der Waals surface area contributed by atoms with Crippen LogP contribution in [-0.4, -0.2) is 24.7 Å². The van der Waals surface area contributed by atoms with Crippen molar-refractivity contribution in [2.45, 2.75) is 25.8 Å². The van der Waals surface area contributed by atoms with E-state index in [1.165, 1.54) is 0 Å². The molecule has 0 saturated heterocycles. The highest BCUT2D eigenvalue weighted by Gasteiger charge is 2.32. The van der Waals surface area contributed by atoms with Crippen molar-refractivity contribution in [1.29, 1.82) is 10.5 Å². The van der Waals surface area contributed by atoms with E-state index in [-0.39, 0.29) is 23.0 Å². The topological polar surface area (TPSA) is 167 Å². The van der Waals surface area contributed by atoms with Crippen molar-refractivity contribution < 1.29 is 9.47 Å². The largest absolute Gasteiger partial charge is 0.493 e. The van der Waals surface area contributed by atoms with Crippen LogP contribution in [0.5, 0.6) is 11.5 Å². The van der Waals surface area contributed by atoms with Crippen molar-refractivity contribution in [2.24, 2.45) is 4.99 Å². The van der Waals surface area contributed by atoms with E-state index in [2.05, 4.69) is 27.5 Å². The van der Waals surface area contributed by atoms with E-state index < -0.39 is 6.04 Å². The van der Waals surface area contributed by atoms with Gasteiger partial charge in [0.1, 0.15) is 29.3 Å². The molecule has 1 aliphatic heterocycles. The number of nitriles is 2. The molecular formula is C20H22N8O2. The predicted octanol–water partition coefficient (Wildman–Crippen LogP) is 2.25. The van der Waals surface area contributed by atoms with Crippen molar-refractivity contribution in [3.8, 4) is 23.8 Å². The van der Waals surface area contributed by atoms with Crippen molar-refractivity contribution in [3.05, 3.63) is 34.9 Å². The third-order valence-electron chi connectivity index (χ3n) is 4.63. The van der Waals surface area contributed by atoms with E-state index in [4.69, 9.17) is 26.2 Å². The Labute approximate surface area is 174 Å².